The van der Waals surface area contributed by atoms with Gasteiger partial charge < -0.3 is 0 Å². The summed E-state index contributed by atoms with van der Waals surface area (Å²) in [5.74, 6) is 2.15. The van der Waals surface area contributed by atoms with Crippen LogP contribution in [0, 0.1) is 11.8 Å². The Bertz CT molecular complexity index is 1510. The number of hydrogen-bond acceptors (Lipinski definition) is 1. The van der Waals surface area contributed by atoms with Gasteiger partial charge in [0, 0.05) is 18.0 Å². The van der Waals surface area contributed by atoms with Crippen molar-refractivity contribution in [1.29, 1.82) is 0 Å². The van der Waals surface area contributed by atoms with E-state index in [-0.39, 0.29) is 0 Å². The zero-order chi connectivity index (χ0) is 30.9. The fourth-order valence-corrected chi connectivity index (χ4v) is 6.28. The summed E-state index contributed by atoms with van der Waals surface area (Å²) in [5, 5.41) is 0. The highest BCUT2D eigenvalue weighted by Crippen LogP contribution is 2.41. The lowest BCUT2D eigenvalue weighted by Gasteiger charge is -2.22. The lowest BCUT2D eigenvalue weighted by Crippen LogP contribution is -2.10. The van der Waals surface area contributed by atoms with Gasteiger partial charge in [0.2, 0.25) is 0 Å². The van der Waals surface area contributed by atoms with E-state index in [0.717, 1.165) is 25.1 Å². The first-order chi connectivity index (χ1) is 20.9. The highest BCUT2D eigenvalue weighted by molar-refractivity contribution is 5.85. The largest absolute Gasteiger partial charge is 0.299 e. The molecular formula is C41H52N2. The van der Waals surface area contributed by atoms with E-state index in [1.807, 2.05) is 20.0 Å². The Morgan fingerprint density at radius 2 is 1.44 bits per heavy atom. The second-order valence-corrected chi connectivity index (χ2v) is 12.5. The molecule has 0 amide bonds. The van der Waals surface area contributed by atoms with Crippen molar-refractivity contribution in [2.45, 2.75) is 93.9 Å². The number of imidazole rings is 1. The number of nitrogens with zero attached hydrogens (tertiary/aromatic N) is 2. The van der Waals surface area contributed by atoms with Gasteiger partial charge in [-0.15, -0.1) is 0 Å². The normalized spacial score (nSPS) is 13.3. The van der Waals surface area contributed by atoms with Crippen LogP contribution in [-0.2, 0) is 19.3 Å². The zero-order valence-corrected chi connectivity index (χ0v) is 27.9. The minimum absolute atomic E-state index is 0.557. The average molecular weight is 573 g/mol. The highest BCUT2D eigenvalue weighted by atomic mass is 15.1. The van der Waals surface area contributed by atoms with Gasteiger partial charge in [-0.25, -0.2) is 4.98 Å². The molecule has 4 aromatic rings. The van der Waals surface area contributed by atoms with Gasteiger partial charge in [-0.2, -0.15) is 0 Å². The van der Waals surface area contributed by atoms with E-state index in [1.54, 1.807) is 5.57 Å². The van der Waals surface area contributed by atoms with Crippen LogP contribution in [0.4, 0.5) is 0 Å². The molecular weight excluding hydrogens is 520 g/mol. The predicted molar refractivity (Wildman–Crippen MR) is 188 cm³/mol. The zero-order valence-electron chi connectivity index (χ0n) is 27.9. The summed E-state index contributed by atoms with van der Waals surface area (Å²) < 4.78 is 2.37. The third-order valence-corrected chi connectivity index (χ3v) is 7.85. The summed E-state index contributed by atoms with van der Waals surface area (Å²) in [6, 6.07) is 22.7. The van der Waals surface area contributed by atoms with Crippen molar-refractivity contribution in [3.63, 3.8) is 0 Å². The van der Waals surface area contributed by atoms with Crippen LogP contribution in [0.15, 0.2) is 90.8 Å². The van der Waals surface area contributed by atoms with Gasteiger partial charge in [0.15, 0.2) is 0 Å². The Balaban J connectivity index is 0.000000798. The number of hydrogen-bond donors (Lipinski definition) is 0. The number of aromatic nitrogens is 2. The van der Waals surface area contributed by atoms with Crippen LogP contribution < -0.4 is 0 Å². The summed E-state index contributed by atoms with van der Waals surface area (Å²) in [6.07, 6.45) is 15.6. The Morgan fingerprint density at radius 1 is 0.791 bits per heavy atom. The molecule has 0 saturated heterocycles. The summed E-state index contributed by atoms with van der Waals surface area (Å²) in [7, 11) is 0. The van der Waals surface area contributed by atoms with Gasteiger partial charge in [-0.1, -0.05) is 122 Å². The van der Waals surface area contributed by atoms with Gasteiger partial charge in [0.05, 0.1) is 5.69 Å². The maximum Gasteiger partial charge on any atom is 0.144 e. The van der Waals surface area contributed by atoms with Crippen LogP contribution in [-0.4, -0.2) is 9.55 Å². The molecule has 1 heterocycles. The Hall–Kier alpha value is -3.65. The topological polar surface area (TPSA) is 17.8 Å². The fraction of sp³-hybridized carbons (Fsp3) is 0.390. The molecule has 226 valence electrons. The summed E-state index contributed by atoms with van der Waals surface area (Å²) in [5.41, 5.74) is 13.8. The summed E-state index contributed by atoms with van der Waals surface area (Å²) >= 11 is 0. The maximum atomic E-state index is 4.94. The molecule has 1 aromatic heterocycles. The second kappa shape index (κ2) is 15.2. The Morgan fingerprint density at radius 3 is 2.07 bits per heavy atom. The van der Waals surface area contributed by atoms with E-state index in [4.69, 9.17) is 4.98 Å². The molecule has 43 heavy (non-hydrogen) atoms. The number of benzene rings is 3. The molecule has 6 rings (SSSR count). The van der Waals surface area contributed by atoms with E-state index in [9.17, 15) is 0 Å². The van der Waals surface area contributed by atoms with Crippen molar-refractivity contribution >= 4 is 5.57 Å². The minimum Gasteiger partial charge on any atom is -0.299 e. The maximum absolute atomic E-state index is 4.94. The highest BCUT2D eigenvalue weighted by Gasteiger charge is 2.24. The van der Waals surface area contributed by atoms with Crippen LogP contribution >= 0.6 is 0 Å². The molecule has 0 radical (unpaired) electrons. The number of allylic oxidation sites excluding steroid dienone is 4. The molecule has 0 N–H and O–H groups in total. The van der Waals surface area contributed by atoms with Crippen molar-refractivity contribution in [3.05, 3.63) is 113 Å². The first kappa shape index (κ1) is 32.3. The minimum atomic E-state index is 0.557. The monoisotopic (exact) mass is 572 g/mol. The molecule has 0 saturated carbocycles. The molecule has 2 heteroatoms. The van der Waals surface area contributed by atoms with Crippen molar-refractivity contribution in [2.24, 2.45) is 11.8 Å². The Labute approximate surface area is 261 Å². The smallest absolute Gasteiger partial charge is 0.144 e. The molecule has 0 spiro atoms. The fourth-order valence-electron chi connectivity index (χ4n) is 6.28. The van der Waals surface area contributed by atoms with Crippen LogP contribution in [0.2, 0.25) is 0 Å². The van der Waals surface area contributed by atoms with Crippen molar-refractivity contribution in [2.75, 3.05) is 0 Å². The molecule has 0 atom stereocenters. The summed E-state index contributed by atoms with van der Waals surface area (Å²) in [6.45, 7) is 17.5. The number of rotatable bonds is 7. The molecule has 2 nitrogen and oxygen atoms in total. The van der Waals surface area contributed by atoms with Crippen LogP contribution in [0.3, 0.4) is 0 Å². The molecule has 0 bridgehead atoms. The van der Waals surface area contributed by atoms with Crippen LogP contribution in [0.5, 0.6) is 0 Å². The first-order valence-corrected chi connectivity index (χ1v) is 16.7. The first-order valence-electron chi connectivity index (χ1n) is 16.7. The quantitative estimate of drug-likeness (QED) is 0.215. The van der Waals surface area contributed by atoms with Crippen LogP contribution in [0.1, 0.15) is 96.9 Å². The lowest BCUT2D eigenvalue weighted by atomic mass is 9.90. The van der Waals surface area contributed by atoms with Gasteiger partial charge >= 0.3 is 0 Å². The van der Waals surface area contributed by atoms with E-state index in [2.05, 4.69) is 125 Å². The van der Waals surface area contributed by atoms with E-state index in [1.165, 1.54) is 69.5 Å². The van der Waals surface area contributed by atoms with Gasteiger partial charge in [0.1, 0.15) is 5.82 Å². The van der Waals surface area contributed by atoms with E-state index >= 15 is 0 Å². The van der Waals surface area contributed by atoms with Gasteiger partial charge in [0.25, 0.3) is 0 Å². The number of fused-ring (bicyclic) bond motifs is 2. The Kier molecular flexibility index (Phi) is 11.4. The van der Waals surface area contributed by atoms with E-state index < -0.39 is 0 Å². The lowest BCUT2D eigenvalue weighted by molar-refractivity contribution is 0.631. The van der Waals surface area contributed by atoms with Gasteiger partial charge in [-0.3, -0.25) is 4.57 Å². The van der Waals surface area contributed by atoms with Crippen molar-refractivity contribution in [1.82, 2.24) is 9.55 Å². The molecule has 0 fully saturated rings. The third kappa shape index (κ3) is 7.47. The summed E-state index contributed by atoms with van der Waals surface area (Å²) in [4.78, 5) is 4.94. The van der Waals surface area contributed by atoms with E-state index in [0.29, 0.717) is 11.8 Å². The van der Waals surface area contributed by atoms with Gasteiger partial charge in [-0.05, 0) is 101 Å². The molecule has 2 aliphatic rings. The third-order valence-electron chi connectivity index (χ3n) is 7.85. The molecule has 0 aliphatic heterocycles. The molecule has 2 aliphatic carbocycles. The predicted octanol–water partition coefficient (Wildman–Crippen LogP) is 11.7. The molecule has 0 unspecified atom stereocenters. The van der Waals surface area contributed by atoms with Crippen molar-refractivity contribution < 1.29 is 0 Å². The average Bonchev–Trinajstić information content (AvgIpc) is 3.63. The second-order valence-electron chi connectivity index (χ2n) is 12.5. The van der Waals surface area contributed by atoms with Crippen molar-refractivity contribution in [3.8, 4) is 28.2 Å². The molecule has 3 aromatic carbocycles. The van der Waals surface area contributed by atoms with Crippen LogP contribution in [0.25, 0.3) is 33.8 Å². The SMILES string of the molecule is CC.CC(C)Cc1cc(-c2ccccc2)cc(CC(C)C)c1-n1ccnc1-c1ccc2c(c1)C1=C(CCC=C1)C2.CCC. The standard InChI is InChI=1S/C36H38N2.C3H8.C2H6/c1-24(2)18-31-21-30(26-10-6-5-7-11-26)22-32(19-25(3)4)35(31)38-17-16-37-36(38)29-15-14-28-20-27-12-8-9-13-33(27)34(28)23-29;1-3-2;1-2/h5-7,9-11,13-17,21-25H,8,12,18-20H2,1-4H3;3H2,1-2H3;1-2H3.